The van der Waals surface area contributed by atoms with Crippen molar-refractivity contribution in [3.05, 3.63) is 41.7 Å². The van der Waals surface area contributed by atoms with E-state index in [1.165, 1.54) is 10.8 Å². The first-order valence-electron chi connectivity index (χ1n) is 9.09. The fourth-order valence-corrected chi connectivity index (χ4v) is 3.21. The third-order valence-corrected chi connectivity index (χ3v) is 4.94. The van der Waals surface area contributed by atoms with Crippen LogP contribution >= 0.6 is 11.8 Å². The van der Waals surface area contributed by atoms with Crippen molar-refractivity contribution in [2.45, 2.75) is 38.6 Å². The molecule has 10 heteroatoms. The summed E-state index contributed by atoms with van der Waals surface area (Å²) in [5.74, 6) is -1.98. The van der Waals surface area contributed by atoms with E-state index in [1.54, 1.807) is 0 Å². The van der Waals surface area contributed by atoms with Gasteiger partial charge in [0.25, 0.3) is 0 Å². The second-order valence-electron chi connectivity index (χ2n) is 6.77. The van der Waals surface area contributed by atoms with Gasteiger partial charge in [0.05, 0.1) is 29.9 Å². The molecule has 0 radical (unpaired) electrons. The molecule has 0 aliphatic carbocycles. The fourth-order valence-electron chi connectivity index (χ4n) is 2.41. The molecule has 1 aromatic carbocycles. The smallest absolute Gasteiger partial charge is 0.240 e. The highest BCUT2D eigenvalue weighted by atomic mass is 32.2. The third-order valence-electron chi connectivity index (χ3n) is 3.95. The van der Waals surface area contributed by atoms with E-state index >= 15 is 0 Å². The largest absolute Gasteiger partial charge is 0.390 e. The number of nitrogens with zero attached hydrogens (tertiary/aromatic N) is 2. The number of rotatable bonds is 10. The van der Waals surface area contributed by atoms with Crippen molar-refractivity contribution in [2.24, 2.45) is 5.92 Å². The fraction of sp³-hybridized carbons (Fsp3) is 0.421. The Morgan fingerprint density at radius 2 is 2.03 bits per heavy atom. The molecule has 0 atom stereocenters. The molecular weight excluding hydrogens is 402 g/mol. The lowest BCUT2D eigenvalue weighted by atomic mass is 10.1. The lowest BCUT2D eigenvalue weighted by molar-refractivity contribution is -0.121. The molecule has 2 aromatic rings. The van der Waals surface area contributed by atoms with Crippen molar-refractivity contribution >= 4 is 29.3 Å². The second kappa shape index (κ2) is 10.9. The number of aromatic nitrogens is 2. The maximum Gasteiger partial charge on any atom is 0.240 e. The van der Waals surface area contributed by atoms with Crippen LogP contribution in [-0.2, 0) is 22.7 Å². The number of benzene rings is 1. The summed E-state index contributed by atoms with van der Waals surface area (Å²) in [7, 11) is 0. The van der Waals surface area contributed by atoms with E-state index in [0.717, 1.165) is 30.3 Å². The van der Waals surface area contributed by atoms with Crippen molar-refractivity contribution in [3.8, 4) is 0 Å². The molecule has 0 fully saturated rings. The van der Waals surface area contributed by atoms with Crippen LogP contribution in [-0.4, -0.2) is 38.8 Å². The number of nitrogens with one attached hydrogen (secondary N) is 2. The number of carbonyl (C=O) groups is 2. The van der Waals surface area contributed by atoms with Crippen LogP contribution in [0.15, 0.2) is 29.6 Å². The summed E-state index contributed by atoms with van der Waals surface area (Å²) in [5.41, 5.74) is 0.317. The van der Waals surface area contributed by atoms with Crippen LogP contribution in [0, 0.1) is 17.6 Å². The van der Waals surface area contributed by atoms with Gasteiger partial charge < -0.3 is 20.3 Å². The quantitative estimate of drug-likeness (QED) is 0.508. The molecule has 0 spiro atoms. The van der Waals surface area contributed by atoms with Gasteiger partial charge in [-0.2, -0.15) is 0 Å². The minimum atomic E-state index is -0.870. The highest BCUT2D eigenvalue weighted by Gasteiger charge is 2.16. The molecule has 7 nitrogen and oxygen atoms in total. The zero-order valence-corrected chi connectivity index (χ0v) is 17.1. The van der Waals surface area contributed by atoms with Gasteiger partial charge in [0.15, 0.2) is 5.16 Å². The summed E-state index contributed by atoms with van der Waals surface area (Å²) in [6, 6.07) is 2.87. The number of thioether (sulfide) groups is 1. The number of aliphatic hydroxyl groups excluding tert-OH is 1. The predicted octanol–water partition coefficient (Wildman–Crippen LogP) is 2.55. The first-order chi connectivity index (χ1) is 13.8. The maximum absolute atomic E-state index is 13.6. The summed E-state index contributed by atoms with van der Waals surface area (Å²) < 4.78 is 28.1. The summed E-state index contributed by atoms with van der Waals surface area (Å²) in [6.45, 7) is 4.32. The van der Waals surface area contributed by atoms with E-state index in [0.29, 0.717) is 29.4 Å². The van der Waals surface area contributed by atoms with Gasteiger partial charge in [-0.25, -0.2) is 13.8 Å². The average molecular weight is 426 g/mol. The molecule has 0 unspecified atom stereocenters. The van der Waals surface area contributed by atoms with Crippen LogP contribution < -0.4 is 10.6 Å². The zero-order valence-electron chi connectivity index (χ0n) is 16.2. The molecule has 0 aliphatic rings. The van der Waals surface area contributed by atoms with E-state index in [4.69, 9.17) is 0 Å². The van der Waals surface area contributed by atoms with E-state index in [-0.39, 0.29) is 30.5 Å². The van der Waals surface area contributed by atoms with Gasteiger partial charge in [-0.15, -0.1) is 0 Å². The van der Waals surface area contributed by atoms with Crippen LogP contribution in [0.25, 0.3) is 0 Å². The summed E-state index contributed by atoms with van der Waals surface area (Å²) in [6.07, 6.45) is 2.28. The summed E-state index contributed by atoms with van der Waals surface area (Å²) in [5, 5.41) is 15.0. The zero-order chi connectivity index (χ0) is 21.4. The Labute approximate surface area is 171 Å². The number of amides is 2. The van der Waals surface area contributed by atoms with Crippen molar-refractivity contribution in [2.75, 3.05) is 17.6 Å². The highest BCUT2D eigenvalue weighted by Crippen LogP contribution is 2.20. The van der Waals surface area contributed by atoms with Gasteiger partial charge in [0.1, 0.15) is 18.2 Å². The van der Waals surface area contributed by atoms with Crippen molar-refractivity contribution in [1.82, 2.24) is 14.9 Å². The Bertz CT molecular complexity index is 858. The van der Waals surface area contributed by atoms with Crippen molar-refractivity contribution in [1.29, 1.82) is 0 Å². The third kappa shape index (κ3) is 7.13. The van der Waals surface area contributed by atoms with Gasteiger partial charge in [-0.3, -0.25) is 9.59 Å². The first kappa shape index (κ1) is 22.8. The first-order valence-corrected chi connectivity index (χ1v) is 10.1. The summed E-state index contributed by atoms with van der Waals surface area (Å²) in [4.78, 5) is 28.4. The Morgan fingerprint density at radius 3 is 2.69 bits per heavy atom. The Morgan fingerprint density at radius 1 is 1.28 bits per heavy atom. The number of imidazole rings is 1. The minimum Gasteiger partial charge on any atom is -0.390 e. The van der Waals surface area contributed by atoms with E-state index in [9.17, 15) is 23.5 Å². The average Bonchev–Trinajstić information content (AvgIpc) is 3.03. The van der Waals surface area contributed by atoms with Crippen LogP contribution in [0.4, 0.5) is 14.5 Å². The van der Waals surface area contributed by atoms with Crippen molar-refractivity contribution in [3.63, 3.8) is 0 Å². The van der Waals surface area contributed by atoms with E-state index in [2.05, 4.69) is 29.5 Å². The standard InChI is InChI=1S/C19H24F2N4O3S/c1-12(2)5-6-22-17(27)9-25-14(10-26)8-23-19(25)29-11-18(28)24-16-4-3-13(20)7-15(16)21/h3-4,7-8,12,26H,5-6,9-11H2,1-2H3,(H,22,27)(H,24,28). The Kier molecular flexibility index (Phi) is 8.59. The van der Waals surface area contributed by atoms with Crippen LogP contribution in [0.3, 0.4) is 0 Å². The lowest BCUT2D eigenvalue weighted by Gasteiger charge is -2.12. The molecular formula is C19H24F2N4O3S. The van der Waals surface area contributed by atoms with Crippen LogP contribution in [0.2, 0.25) is 0 Å². The Balaban J connectivity index is 1.95. The lowest BCUT2D eigenvalue weighted by Crippen LogP contribution is -2.30. The molecule has 2 amide bonds. The van der Waals surface area contributed by atoms with E-state index in [1.807, 2.05) is 0 Å². The molecule has 0 aliphatic heterocycles. The topological polar surface area (TPSA) is 96.2 Å². The number of hydrogen-bond acceptors (Lipinski definition) is 5. The number of carbonyl (C=O) groups excluding carboxylic acids is 2. The van der Waals surface area contributed by atoms with Crippen molar-refractivity contribution < 1.29 is 23.5 Å². The molecule has 29 heavy (non-hydrogen) atoms. The van der Waals surface area contributed by atoms with Gasteiger partial charge in [0, 0.05) is 12.6 Å². The number of halogens is 2. The second-order valence-corrected chi connectivity index (χ2v) is 7.71. The molecule has 0 saturated heterocycles. The number of aliphatic hydroxyl groups is 1. The van der Waals surface area contributed by atoms with Gasteiger partial charge in [0.2, 0.25) is 11.8 Å². The number of anilines is 1. The minimum absolute atomic E-state index is 0.0372. The normalized spacial score (nSPS) is 11.0. The molecule has 158 valence electrons. The molecule has 0 saturated carbocycles. The van der Waals surface area contributed by atoms with Crippen LogP contribution in [0.5, 0.6) is 0 Å². The predicted molar refractivity (Wildman–Crippen MR) is 106 cm³/mol. The van der Waals surface area contributed by atoms with Gasteiger partial charge >= 0.3 is 0 Å². The van der Waals surface area contributed by atoms with Crippen LogP contribution in [0.1, 0.15) is 26.0 Å². The van der Waals surface area contributed by atoms with Gasteiger partial charge in [-0.1, -0.05) is 25.6 Å². The molecule has 1 aromatic heterocycles. The monoisotopic (exact) mass is 426 g/mol. The van der Waals surface area contributed by atoms with Gasteiger partial charge in [-0.05, 0) is 24.5 Å². The summed E-state index contributed by atoms with van der Waals surface area (Å²) >= 11 is 1.04. The number of hydrogen-bond donors (Lipinski definition) is 3. The highest BCUT2D eigenvalue weighted by molar-refractivity contribution is 7.99. The molecule has 0 bridgehead atoms. The Hall–Kier alpha value is -2.46. The van der Waals surface area contributed by atoms with E-state index < -0.39 is 17.5 Å². The SMILES string of the molecule is CC(C)CCNC(=O)Cn1c(CO)cnc1SCC(=O)Nc1ccc(F)cc1F. The molecule has 1 heterocycles. The molecule has 3 N–H and O–H groups in total. The maximum atomic E-state index is 13.6. The molecule has 2 rings (SSSR count).